The van der Waals surface area contributed by atoms with Gasteiger partial charge in [0.25, 0.3) is 11.5 Å². The van der Waals surface area contributed by atoms with Crippen LogP contribution in [0.1, 0.15) is 19.3 Å². The molecule has 0 bridgehead atoms. The number of hydrogen-bond donors (Lipinski definition) is 2. The molecule has 0 spiro atoms. The summed E-state index contributed by atoms with van der Waals surface area (Å²) >= 11 is 11.7. The van der Waals surface area contributed by atoms with E-state index >= 15 is 0 Å². The summed E-state index contributed by atoms with van der Waals surface area (Å²) in [6.45, 7) is -1.85. The molecule has 4 atom stereocenters. The lowest BCUT2D eigenvalue weighted by molar-refractivity contribution is -0.143. The zero-order valence-electron chi connectivity index (χ0n) is 17.5. The van der Waals surface area contributed by atoms with Crippen molar-refractivity contribution in [3.05, 3.63) is 50.6 Å². The van der Waals surface area contributed by atoms with Crippen molar-refractivity contribution >= 4 is 34.8 Å². The van der Waals surface area contributed by atoms with Crippen molar-refractivity contribution in [1.82, 2.24) is 15.1 Å². The third kappa shape index (κ3) is 5.41. The molecule has 2 N–H and O–H groups in total. The molecule has 1 aromatic heterocycles. The van der Waals surface area contributed by atoms with Crippen LogP contribution in [0.2, 0.25) is 10.0 Å². The van der Waals surface area contributed by atoms with E-state index in [0.717, 1.165) is 25.1 Å². The lowest BCUT2D eigenvalue weighted by Crippen LogP contribution is -2.43. The lowest BCUT2D eigenvalue weighted by atomic mass is 9.73. The van der Waals surface area contributed by atoms with Crippen molar-refractivity contribution in [2.45, 2.75) is 44.1 Å². The van der Waals surface area contributed by atoms with E-state index in [1.165, 1.54) is 12.1 Å². The lowest BCUT2D eigenvalue weighted by Gasteiger charge is -2.36. The van der Waals surface area contributed by atoms with E-state index < -0.39 is 30.0 Å². The van der Waals surface area contributed by atoms with Gasteiger partial charge in [0.15, 0.2) is 6.61 Å². The van der Waals surface area contributed by atoms with Crippen LogP contribution in [-0.2, 0) is 11.3 Å². The Kier molecular flexibility index (Phi) is 6.95. The normalized spacial score (nSPS) is 23.7. The van der Waals surface area contributed by atoms with E-state index in [9.17, 15) is 27.2 Å². The van der Waals surface area contributed by atoms with Gasteiger partial charge in [-0.1, -0.05) is 23.2 Å². The van der Waals surface area contributed by atoms with E-state index in [2.05, 4.69) is 15.7 Å². The van der Waals surface area contributed by atoms with Gasteiger partial charge in [0.2, 0.25) is 0 Å². The monoisotopic (exact) mass is 522 g/mol. The number of halogens is 6. The third-order valence-electron chi connectivity index (χ3n) is 6.19. The van der Waals surface area contributed by atoms with Crippen LogP contribution in [0.5, 0.6) is 5.75 Å². The number of amides is 1. The fourth-order valence-electron chi connectivity index (χ4n) is 4.54. The summed E-state index contributed by atoms with van der Waals surface area (Å²) in [7, 11) is 0. The number of hydrogen-bond acceptors (Lipinski definition) is 5. The van der Waals surface area contributed by atoms with Crippen molar-refractivity contribution in [3.63, 3.8) is 0 Å². The average molecular weight is 523 g/mol. The summed E-state index contributed by atoms with van der Waals surface area (Å²) in [5, 5.41) is 9.23. The van der Waals surface area contributed by atoms with Gasteiger partial charge in [-0.3, -0.25) is 9.59 Å². The highest BCUT2D eigenvalue weighted by Crippen LogP contribution is 2.48. The van der Waals surface area contributed by atoms with E-state index in [1.54, 1.807) is 0 Å². The molecule has 2 fully saturated rings. The first-order chi connectivity index (χ1) is 16.0. The molecule has 0 aliphatic heterocycles. The first-order valence-electron chi connectivity index (χ1n) is 10.5. The molecule has 1 heterocycles. The molecule has 0 saturated heterocycles. The maximum Gasteiger partial charge on any atom is 0.408 e. The molecule has 1 aromatic carbocycles. The Bertz CT molecular complexity index is 1140. The number of nitrogens with one attached hydrogen (secondary N) is 2. The number of ether oxygens (including phenoxy) is 1. The Hall–Kier alpha value is -2.53. The summed E-state index contributed by atoms with van der Waals surface area (Å²) in [6, 6.07) is 3.37. The molecule has 2 aromatic rings. The van der Waals surface area contributed by atoms with Gasteiger partial charge >= 0.3 is 6.18 Å². The zero-order valence-corrected chi connectivity index (χ0v) is 19.1. The third-order valence-corrected chi connectivity index (χ3v) is 6.78. The Morgan fingerprint density at radius 1 is 1.18 bits per heavy atom. The Balaban J connectivity index is 1.38. The zero-order chi connectivity index (χ0) is 24.6. The van der Waals surface area contributed by atoms with Crippen LogP contribution < -0.4 is 20.9 Å². The van der Waals surface area contributed by atoms with Crippen molar-refractivity contribution in [2.75, 3.05) is 11.9 Å². The quantitative estimate of drug-likeness (QED) is 0.536. The molecule has 2 aliphatic carbocycles. The maximum atomic E-state index is 13.5. The van der Waals surface area contributed by atoms with Crippen molar-refractivity contribution in [1.29, 1.82) is 0 Å². The number of fused-ring (bicyclic) bond motifs is 1. The first kappa shape index (κ1) is 24.6. The van der Waals surface area contributed by atoms with Gasteiger partial charge < -0.3 is 15.4 Å². The van der Waals surface area contributed by atoms with E-state index in [4.69, 9.17) is 27.9 Å². The second kappa shape index (κ2) is 9.61. The minimum atomic E-state index is -4.61. The summed E-state index contributed by atoms with van der Waals surface area (Å²) in [5.41, 5.74) is -1.10. The van der Waals surface area contributed by atoms with Gasteiger partial charge in [-0.05, 0) is 43.2 Å². The van der Waals surface area contributed by atoms with Crippen LogP contribution in [0.25, 0.3) is 0 Å². The van der Waals surface area contributed by atoms with Crippen molar-refractivity contribution in [3.8, 4) is 5.75 Å². The van der Waals surface area contributed by atoms with E-state index in [0.29, 0.717) is 11.1 Å². The number of carbonyl (C=O) groups excluding carboxylic acids is 1. The molecule has 4 rings (SSSR count). The van der Waals surface area contributed by atoms with Gasteiger partial charge in [0.1, 0.15) is 23.8 Å². The van der Waals surface area contributed by atoms with Crippen LogP contribution in [0.3, 0.4) is 0 Å². The smallest absolute Gasteiger partial charge is 0.408 e. The molecule has 184 valence electrons. The van der Waals surface area contributed by atoms with Crippen LogP contribution in [0, 0.1) is 17.7 Å². The van der Waals surface area contributed by atoms with E-state index in [-0.39, 0.29) is 52.0 Å². The largest absolute Gasteiger partial charge is 0.484 e. The number of aromatic nitrogens is 2. The Morgan fingerprint density at radius 3 is 2.53 bits per heavy atom. The second-order valence-electron chi connectivity index (χ2n) is 8.38. The highest BCUT2D eigenvalue weighted by atomic mass is 35.5. The van der Waals surface area contributed by atoms with Crippen LogP contribution in [0.15, 0.2) is 29.2 Å². The number of anilines is 1. The first-order valence-corrected chi connectivity index (χ1v) is 11.2. The van der Waals surface area contributed by atoms with Gasteiger partial charge in [-0.15, -0.1) is 0 Å². The fourth-order valence-corrected chi connectivity index (χ4v) is 4.83. The minimum absolute atomic E-state index is 0.0585. The van der Waals surface area contributed by atoms with Crippen molar-refractivity contribution in [2.24, 2.45) is 11.8 Å². The summed E-state index contributed by atoms with van der Waals surface area (Å²) < 4.78 is 57.3. The molecule has 13 heteroatoms. The number of alkyl halides is 3. The molecule has 3 unspecified atom stereocenters. The fraction of sp³-hybridized carbons (Fsp3) is 0.476. The van der Waals surface area contributed by atoms with Crippen molar-refractivity contribution < 1.29 is 27.1 Å². The van der Waals surface area contributed by atoms with Gasteiger partial charge in [0, 0.05) is 18.2 Å². The SMILES string of the molecule is O=C(COc1ccc(Cl)c(F)c1)NC1C[C@H](Nc2c(Cl)cnn(CC(F)(F)F)c2=O)C2CCC12. The molecule has 7 nitrogen and oxygen atoms in total. The second-order valence-corrected chi connectivity index (χ2v) is 9.19. The van der Waals surface area contributed by atoms with Crippen LogP contribution in [0.4, 0.5) is 23.2 Å². The minimum Gasteiger partial charge on any atom is -0.484 e. The number of carbonyl (C=O) groups is 1. The summed E-state index contributed by atoms with van der Waals surface area (Å²) in [6.07, 6.45) is -1.45. The summed E-state index contributed by atoms with van der Waals surface area (Å²) in [5.74, 6) is -0.637. The van der Waals surface area contributed by atoms with Gasteiger partial charge in [0.05, 0.1) is 16.2 Å². The maximum absolute atomic E-state index is 13.5. The van der Waals surface area contributed by atoms with Crippen LogP contribution >= 0.6 is 23.2 Å². The predicted molar refractivity (Wildman–Crippen MR) is 117 cm³/mol. The number of rotatable bonds is 7. The summed E-state index contributed by atoms with van der Waals surface area (Å²) in [4.78, 5) is 24.9. The number of nitrogens with zero attached hydrogens (tertiary/aromatic N) is 2. The molecule has 2 saturated carbocycles. The van der Waals surface area contributed by atoms with Gasteiger partial charge in [-0.25, -0.2) is 9.07 Å². The van der Waals surface area contributed by atoms with E-state index in [1.807, 2.05) is 0 Å². The highest BCUT2D eigenvalue weighted by molar-refractivity contribution is 6.33. The van der Waals surface area contributed by atoms with Crippen LogP contribution in [-0.4, -0.2) is 40.6 Å². The number of benzene rings is 1. The molecule has 34 heavy (non-hydrogen) atoms. The standard InChI is InChI=1S/C21H20Cl2F4N4O3/c22-13-4-1-10(5-15(13)24)34-8-18(32)29-16-6-17(12-3-2-11(12)16)30-19-14(23)7-28-31(20(19)33)9-21(25,26)27/h1,4-5,7,11-12,16-17,30H,2-3,6,8-9H2,(H,29,32)/t11?,12?,16?,17-/m0/s1. The Labute approximate surface area is 201 Å². The highest BCUT2D eigenvalue weighted by Gasteiger charge is 2.49. The topological polar surface area (TPSA) is 85.2 Å². The van der Waals surface area contributed by atoms with Gasteiger partial charge in [-0.2, -0.15) is 18.3 Å². The Morgan fingerprint density at radius 2 is 1.88 bits per heavy atom. The molecule has 2 aliphatic rings. The molecule has 0 radical (unpaired) electrons. The molecular formula is C21H20Cl2F4N4O3. The molecular weight excluding hydrogens is 503 g/mol. The predicted octanol–water partition coefficient (Wildman–Crippen LogP) is 4.03. The average Bonchev–Trinajstić information content (AvgIpc) is 2.95. The molecule has 1 amide bonds.